The number of aliphatic imine (C=N–C) groups is 1. The van der Waals surface area contributed by atoms with Crippen LogP contribution in [-0.2, 0) is 9.53 Å². The normalized spacial score (nSPS) is 29.1. The standard InChI is InChI=1S/C19H34N4O2/c1-4-25-16-13-15(19(16)8-5-9-19)22-18(21-3)23-10-6-14(7-11-23)12-17(24)20-2/h14-16H,4-13H2,1-3H3,(H,20,24)(H,21,22). The Bertz CT molecular complexity index is 496. The molecule has 2 unspecified atom stereocenters. The van der Waals surface area contributed by atoms with Gasteiger partial charge < -0.3 is 20.3 Å². The van der Waals surface area contributed by atoms with Crippen LogP contribution in [-0.4, -0.2) is 62.7 Å². The van der Waals surface area contributed by atoms with Crippen molar-refractivity contribution >= 4 is 11.9 Å². The van der Waals surface area contributed by atoms with Gasteiger partial charge in [0.25, 0.3) is 0 Å². The molecule has 25 heavy (non-hydrogen) atoms. The highest BCUT2D eigenvalue weighted by atomic mass is 16.5. The number of amides is 1. The summed E-state index contributed by atoms with van der Waals surface area (Å²) in [5, 5.41) is 6.47. The SMILES string of the molecule is CCOC1CC(NC(=NC)N2CCC(CC(=O)NC)CC2)C12CCC2. The maximum Gasteiger partial charge on any atom is 0.220 e. The van der Waals surface area contributed by atoms with E-state index in [0.717, 1.165) is 44.9 Å². The number of likely N-dealkylation sites (tertiary alicyclic amines) is 1. The molecule has 3 rings (SSSR count). The Morgan fingerprint density at radius 1 is 1.32 bits per heavy atom. The average Bonchev–Trinajstić information content (AvgIpc) is 2.57. The summed E-state index contributed by atoms with van der Waals surface area (Å²) < 4.78 is 5.96. The minimum atomic E-state index is 0.157. The van der Waals surface area contributed by atoms with Crippen molar-refractivity contribution < 1.29 is 9.53 Å². The fourth-order valence-electron chi connectivity index (χ4n) is 4.81. The zero-order valence-electron chi connectivity index (χ0n) is 16.0. The fraction of sp³-hybridized carbons (Fsp3) is 0.895. The van der Waals surface area contributed by atoms with E-state index < -0.39 is 0 Å². The second-order valence-corrected chi connectivity index (χ2v) is 7.82. The van der Waals surface area contributed by atoms with E-state index in [1.807, 2.05) is 7.05 Å². The molecule has 1 spiro atoms. The van der Waals surface area contributed by atoms with Gasteiger partial charge >= 0.3 is 0 Å². The zero-order valence-corrected chi connectivity index (χ0v) is 16.0. The van der Waals surface area contributed by atoms with E-state index in [-0.39, 0.29) is 5.91 Å². The monoisotopic (exact) mass is 350 g/mol. The molecule has 3 aliphatic rings. The van der Waals surface area contributed by atoms with Crippen LogP contribution in [0.25, 0.3) is 0 Å². The van der Waals surface area contributed by atoms with Crippen LogP contribution in [0.15, 0.2) is 4.99 Å². The van der Waals surface area contributed by atoms with Gasteiger partial charge in [-0.15, -0.1) is 0 Å². The van der Waals surface area contributed by atoms with Crippen molar-refractivity contribution in [3.8, 4) is 0 Å². The van der Waals surface area contributed by atoms with Crippen LogP contribution in [0.4, 0.5) is 0 Å². The number of piperidine rings is 1. The number of hydrogen-bond acceptors (Lipinski definition) is 3. The second-order valence-electron chi connectivity index (χ2n) is 7.82. The Hall–Kier alpha value is -1.30. The maximum atomic E-state index is 11.6. The Labute approximate surface area is 151 Å². The van der Waals surface area contributed by atoms with Gasteiger partial charge in [0.05, 0.1) is 6.10 Å². The zero-order chi connectivity index (χ0) is 17.9. The molecule has 1 aliphatic heterocycles. The molecule has 0 radical (unpaired) electrons. The maximum absolute atomic E-state index is 11.6. The van der Waals surface area contributed by atoms with Crippen LogP contribution in [0.5, 0.6) is 0 Å². The van der Waals surface area contributed by atoms with Crippen molar-refractivity contribution in [2.45, 2.75) is 64.0 Å². The van der Waals surface area contributed by atoms with E-state index in [4.69, 9.17) is 4.74 Å². The largest absolute Gasteiger partial charge is 0.378 e. The molecular weight excluding hydrogens is 316 g/mol. The summed E-state index contributed by atoms with van der Waals surface area (Å²) in [6, 6.07) is 0.500. The number of nitrogens with one attached hydrogen (secondary N) is 2. The van der Waals surface area contributed by atoms with E-state index in [1.165, 1.54) is 19.3 Å². The summed E-state index contributed by atoms with van der Waals surface area (Å²) >= 11 is 0. The van der Waals surface area contributed by atoms with E-state index >= 15 is 0 Å². The quantitative estimate of drug-likeness (QED) is 0.586. The van der Waals surface area contributed by atoms with Crippen LogP contribution in [0, 0.1) is 11.3 Å². The highest BCUT2D eigenvalue weighted by Gasteiger charge is 2.59. The Balaban J connectivity index is 1.50. The van der Waals surface area contributed by atoms with Crippen LogP contribution >= 0.6 is 0 Å². The first-order valence-electron chi connectivity index (χ1n) is 9.93. The minimum absolute atomic E-state index is 0.157. The van der Waals surface area contributed by atoms with Crippen molar-refractivity contribution in [1.82, 2.24) is 15.5 Å². The third kappa shape index (κ3) is 3.64. The number of nitrogens with zero attached hydrogens (tertiary/aromatic N) is 2. The molecule has 2 N–H and O–H groups in total. The molecule has 1 amide bonds. The van der Waals surface area contributed by atoms with Crippen LogP contribution < -0.4 is 10.6 Å². The summed E-state index contributed by atoms with van der Waals surface area (Å²) in [6.45, 7) is 4.87. The molecule has 3 fully saturated rings. The Morgan fingerprint density at radius 2 is 2.04 bits per heavy atom. The lowest BCUT2D eigenvalue weighted by molar-refractivity contribution is -0.169. The van der Waals surface area contributed by atoms with Crippen molar-refractivity contribution in [1.29, 1.82) is 0 Å². The molecule has 0 aromatic carbocycles. The molecule has 6 heteroatoms. The van der Waals surface area contributed by atoms with Gasteiger partial charge in [-0.3, -0.25) is 9.79 Å². The van der Waals surface area contributed by atoms with E-state index in [1.54, 1.807) is 7.05 Å². The summed E-state index contributed by atoms with van der Waals surface area (Å²) in [7, 11) is 3.60. The minimum Gasteiger partial charge on any atom is -0.378 e. The van der Waals surface area contributed by atoms with Crippen molar-refractivity contribution in [2.75, 3.05) is 33.8 Å². The summed E-state index contributed by atoms with van der Waals surface area (Å²) in [5.74, 6) is 1.69. The van der Waals surface area contributed by atoms with Crippen LogP contribution in [0.1, 0.15) is 51.9 Å². The molecular formula is C19H34N4O2. The third-order valence-corrected chi connectivity index (χ3v) is 6.62. The Kier molecular flexibility index (Phi) is 5.87. The smallest absolute Gasteiger partial charge is 0.220 e. The third-order valence-electron chi connectivity index (χ3n) is 6.62. The van der Waals surface area contributed by atoms with Gasteiger partial charge in [-0.05, 0) is 44.9 Å². The molecule has 2 atom stereocenters. The molecule has 0 aromatic heterocycles. The topological polar surface area (TPSA) is 66.0 Å². The molecule has 1 heterocycles. The van der Waals surface area contributed by atoms with Gasteiger partial charge in [0.1, 0.15) is 0 Å². The average molecular weight is 351 g/mol. The molecule has 6 nitrogen and oxygen atoms in total. The van der Waals surface area contributed by atoms with E-state index in [2.05, 4.69) is 27.4 Å². The van der Waals surface area contributed by atoms with E-state index in [9.17, 15) is 4.79 Å². The van der Waals surface area contributed by atoms with Gasteiger partial charge in [0.2, 0.25) is 5.91 Å². The van der Waals surface area contributed by atoms with Gasteiger partial charge in [-0.1, -0.05) is 6.42 Å². The molecule has 0 bridgehead atoms. The van der Waals surface area contributed by atoms with Crippen molar-refractivity contribution in [2.24, 2.45) is 16.3 Å². The lowest BCUT2D eigenvalue weighted by atomic mass is 9.51. The molecule has 142 valence electrons. The first kappa shape index (κ1) is 18.5. The highest BCUT2D eigenvalue weighted by Crippen LogP contribution is 2.57. The number of carbonyl (C=O) groups excluding carboxylic acids is 1. The second kappa shape index (κ2) is 7.94. The number of hydrogen-bond donors (Lipinski definition) is 2. The van der Waals surface area contributed by atoms with Crippen LogP contribution in [0.2, 0.25) is 0 Å². The predicted molar refractivity (Wildman–Crippen MR) is 99.6 cm³/mol. The summed E-state index contributed by atoms with van der Waals surface area (Å²) in [4.78, 5) is 18.5. The van der Waals surface area contributed by atoms with Crippen molar-refractivity contribution in [3.63, 3.8) is 0 Å². The number of rotatable bonds is 5. The lowest BCUT2D eigenvalue weighted by Gasteiger charge is -2.61. The lowest BCUT2D eigenvalue weighted by Crippen LogP contribution is -2.69. The first-order valence-corrected chi connectivity index (χ1v) is 9.93. The highest BCUT2D eigenvalue weighted by molar-refractivity contribution is 5.80. The number of ether oxygens (including phenoxy) is 1. The predicted octanol–water partition coefficient (Wildman–Crippen LogP) is 1.76. The fourth-order valence-corrected chi connectivity index (χ4v) is 4.81. The van der Waals surface area contributed by atoms with Gasteiger partial charge in [0, 0.05) is 51.7 Å². The summed E-state index contributed by atoms with van der Waals surface area (Å²) in [6.07, 6.45) is 8.18. The first-order chi connectivity index (χ1) is 12.1. The van der Waals surface area contributed by atoms with Gasteiger partial charge in [-0.25, -0.2) is 0 Å². The molecule has 0 aromatic rings. The number of carbonyl (C=O) groups is 1. The van der Waals surface area contributed by atoms with Crippen molar-refractivity contribution in [3.05, 3.63) is 0 Å². The van der Waals surface area contributed by atoms with Gasteiger partial charge in [-0.2, -0.15) is 0 Å². The molecule has 1 saturated heterocycles. The molecule has 2 aliphatic carbocycles. The van der Waals surface area contributed by atoms with E-state index in [0.29, 0.717) is 29.9 Å². The number of guanidine groups is 1. The molecule has 2 saturated carbocycles. The summed E-state index contributed by atoms with van der Waals surface area (Å²) in [5.41, 5.74) is 0.351. The van der Waals surface area contributed by atoms with Gasteiger partial charge in [0.15, 0.2) is 5.96 Å². The Morgan fingerprint density at radius 3 is 2.56 bits per heavy atom. The van der Waals surface area contributed by atoms with Crippen LogP contribution in [0.3, 0.4) is 0 Å².